The highest BCUT2D eigenvalue weighted by Gasteiger charge is 2.14. The molecular formula is C15H14Cl2N2O. The van der Waals surface area contributed by atoms with Crippen LogP contribution in [0.5, 0.6) is 0 Å². The zero-order valence-electron chi connectivity index (χ0n) is 11.2. The molecule has 1 amide bonds. The largest absolute Gasteiger partial charge is 0.345 e. The average Bonchev–Trinajstić information content (AvgIpc) is 2.39. The van der Waals surface area contributed by atoms with Gasteiger partial charge in [0, 0.05) is 16.9 Å². The Balaban J connectivity index is 2.13. The van der Waals surface area contributed by atoms with Crippen LogP contribution < -0.4 is 5.32 Å². The summed E-state index contributed by atoms with van der Waals surface area (Å²) in [6.07, 6.45) is 1.49. The molecule has 1 heterocycles. The van der Waals surface area contributed by atoms with Gasteiger partial charge in [0.05, 0.1) is 16.6 Å². The lowest BCUT2D eigenvalue weighted by Gasteiger charge is -2.15. The topological polar surface area (TPSA) is 42.0 Å². The van der Waals surface area contributed by atoms with Gasteiger partial charge in [0.1, 0.15) is 0 Å². The van der Waals surface area contributed by atoms with E-state index in [1.165, 1.54) is 6.20 Å². The Morgan fingerprint density at radius 3 is 2.50 bits per heavy atom. The number of aromatic nitrogens is 1. The lowest BCUT2D eigenvalue weighted by Crippen LogP contribution is -2.27. The molecule has 0 radical (unpaired) electrons. The van der Waals surface area contributed by atoms with Gasteiger partial charge in [0.15, 0.2) is 0 Å². The van der Waals surface area contributed by atoms with Gasteiger partial charge in [-0.15, -0.1) is 0 Å². The molecule has 0 spiro atoms. The van der Waals surface area contributed by atoms with Crippen molar-refractivity contribution >= 4 is 29.1 Å². The maximum Gasteiger partial charge on any atom is 0.254 e. The van der Waals surface area contributed by atoms with Crippen LogP contribution in [-0.2, 0) is 0 Å². The highest BCUT2D eigenvalue weighted by atomic mass is 35.5. The van der Waals surface area contributed by atoms with Crippen LogP contribution in [0.3, 0.4) is 0 Å². The molecule has 0 aliphatic heterocycles. The lowest BCUT2D eigenvalue weighted by molar-refractivity contribution is 0.0939. The van der Waals surface area contributed by atoms with Crippen molar-refractivity contribution in [2.75, 3.05) is 0 Å². The van der Waals surface area contributed by atoms with E-state index in [4.69, 9.17) is 23.2 Å². The number of aryl methyl sites for hydroxylation is 1. The average molecular weight is 309 g/mol. The van der Waals surface area contributed by atoms with Crippen molar-refractivity contribution in [3.63, 3.8) is 0 Å². The highest BCUT2D eigenvalue weighted by molar-refractivity contribution is 6.33. The SMILES string of the molecule is Cc1cc(Cl)c(C(=O)NC(C)c2ccc(Cl)cc2)cn1. The molecule has 0 saturated carbocycles. The van der Waals surface area contributed by atoms with E-state index in [-0.39, 0.29) is 11.9 Å². The Kier molecular flexibility index (Phi) is 4.63. The molecule has 0 fully saturated rings. The van der Waals surface area contributed by atoms with Crippen molar-refractivity contribution in [3.05, 3.63) is 63.4 Å². The summed E-state index contributed by atoms with van der Waals surface area (Å²) in [5, 5.41) is 3.95. The minimum atomic E-state index is -0.245. The van der Waals surface area contributed by atoms with E-state index in [0.717, 1.165) is 11.3 Å². The van der Waals surface area contributed by atoms with Crippen LogP contribution in [0.2, 0.25) is 10.0 Å². The third kappa shape index (κ3) is 3.50. The number of carbonyl (C=O) groups is 1. The van der Waals surface area contributed by atoms with Crippen LogP contribution in [0, 0.1) is 6.92 Å². The Labute approximate surface area is 127 Å². The summed E-state index contributed by atoms with van der Waals surface area (Å²) >= 11 is 11.9. The second kappa shape index (κ2) is 6.25. The molecule has 1 unspecified atom stereocenters. The Morgan fingerprint density at radius 2 is 1.90 bits per heavy atom. The number of amides is 1. The maximum absolute atomic E-state index is 12.2. The fourth-order valence-electron chi connectivity index (χ4n) is 1.80. The number of halogens is 2. The van der Waals surface area contributed by atoms with Crippen LogP contribution in [0.1, 0.15) is 34.6 Å². The van der Waals surface area contributed by atoms with Crippen molar-refractivity contribution in [1.82, 2.24) is 10.3 Å². The summed E-state index contributed by atoms with van der Waals surface area (Å²) in [6, 6.07) is 8.87. The molecule has 0 saturated heterocycles. The normalized spacial score (nSPS) is 12.0. The first-order valence-corrected chi connectivity index (χ1v) is 6.91. The van der Waals surface area contributed by atoms with Crippen LogP contribution in [0.25, 0.3) is 0 Å². The monoisotopic (exact) mass is 308 g/mol. The first kappa shape index (κ1) is 14.8. The van der Waals surface area contributed by atoms with Gasteiger partial charge in [-0.05, 0) is 37.6 Å². The number of carbonyl (C=O) groups excluding carboxylic acids is 1. The van der Waals surface area contributed by atoms with Crippen molar-refractivity contribution in [3.8, 4) is 0 Å². The molecule has 0 aliphatic carbocycles. The molecule has 2 aromatic rings. The lowest BCUT2D eigenvalue weighted by atomic mass is 10.1. The van der Waals surface area contributed by atoms with Crippen molar-refractivity contribution in [2.45, 2.75) is 19.9 Å². The zero-order chi connectivity index (χ0) is 14.7. The Hall–Kier alpha value is -1.58. The molecule has 0 bridgehead atoms. The summed E-state index contributed by atoms with van der Waals surface area (Å²) in [4.78, 5) is 16.3. The van der Waals surface area contributed by atoms with Gasteiger partial charge in [-0.2, -0.15) is 0 Å². The number of benzene rings is 1. The highest BCUT2D eigenvalue weighted by Crippen LogP contribution is 2.19. The smallest absolute Gasteiger partial charge is 0.254 e. The van der Waals surface area contributed by atoms with E-state index < -0.39 is 0 Å². The van der Waals surface area contributed by atoms with E-state index in [9.17, 15) is 4.79 Å². The number of pyridine rings is 1. The quantitative estimate of drug-likeness (QED) is 0.924. The fraction of sp³-hybridized carbons (Fsp3) is 0.200. The van der Waals surface area contributed by atoms with Crippen LogP contribution in [0.4, 0.5) is 0 Å². The van der Waals surface area contributed by atoms with Gasteiger partial charge in [-0.3, -0.25) is 9.78 Å². The molecule has 1 N–H and O–H groups in total. The van der Waals surface area contributed by atoms with Crippen molar-refractivity contribution < 1.29 is 4.79 Å². The minimum absolute atomic E-state index is 0.142. The van der Waals surface area contributed by atoms with E-state index in [1.807, 2.05) is 26.0 Å². The molecule has 1 atom stereocenters. The second-order valence-electron chi connectivity index (χ2n) is 4.55. The molecule has 1 aromatic carbocycles. The third-order valence-corrected chi connectivity index (χ3v) is 3.52. The van der Waals surface area contributed by atoms with Crippen LogP contribution >= 0.6 is 23.2 Å². The fourth-order valence-corrected chi connectivity index (χ4v) is 2.22. The standard InChI is InChI=1S/C15H14Cl2N2O/c1-9-7-14(17)13(8-18-9)15(20)19-10(2)11-3-5-12(16)6-4-11/h3-8,10H,1-2H3,(H,19,20). The number of hydrogen-bond acceptors (Lipinski definition) is 2. The number of rotatable bonds is 3. The summed E-state index contributed by atoms with van der Waals surface area (Å²) < 4.78 is 0. The van der Waals surface area contributed by atoms with Crippen LogP contribution in [-0.4, -0.2) is 10.9 Å². The minimum Gasteiger partial charge on any atom is -0.345 e. The van der Waals surface area contributed by atoms with Gasteiger partial charge >= 0.3 is 0 Å². The second-order valence-corrected chi connectivity index (χ2v) is 5.40. The van der Waals surface area contributed by atoms with Crippen molar-refractivity contribution in [2.24, 2.45) is 0 Å². The van der Waals surface area contributed by atoms with Crippen LogP contribution in [0.15, 0.2) is 36.5 Å². The van der Waals surface area contributed by atoms with E-state index in [1.54, 1.807) is 18.2 Å². The molecule has 5 heteroatoms. The van der Waals surface area contributed by atoms with Crippen molar-refractivity contribution in [1.29, 1.82) is 0 Å². The molecule has 104 valence electrons. The maximum atomic E-state index is 12.2. The Bertz CT molecular complexity index is 626. The van der Waals surface area contributed by atoms with Gasteiger partial charge in [0.25, 0.3) is 5.91 Å². The van der Waals surface area contributed by atoms with Gasteiger partial charge in [0.2, 0.25) is 0 Å². The van der Waals surface area contributed by atoms with E-state index >= 15 is 0 Å². The first-order chi connectivity index (χ1) is 9.47. The summed E-state index contributed by atoms with van der Waals surface area (Å²) in [5.41, 5.74) is 2.12. The zero-order valence-corrected chi connectivity index (χ0v) is 12.7. The number of nitrogens with one attached hydrogen (secondary N) is 1. The predicted octanol–water partition coefficient (Wildman–Crippen LogP) is 4.19. The first-order valence-electron chi connectivity index (χ1n) is 6.16. The van der Waals surface area contributed by atoms with Gasteiger partial charge in [-0.1, -0.05) is 35.3 Å². The number of hydrogen-bond donors (Lipinski definition) is 1. The number of nitrogens with zero attached hydrogens (tertiary/aromatic N) is 1. The molecule has 1 aromatic heterocycles. The molecular weight excluding hydrogens is 295 g/mol. The van der Waals surface area contributed by atoms with Gasteiger partial charge < -0.3 is 5.32 Å². The molecule has 2 rings (SSSR count). The summed E-state index contributed by atoms with van der Waals surface area (Å²) in [5.74, 6) is -0.245. The summed E-state index contributed by atoms with van der Waals surface area (Å²) in [6.45, 7) is 3.72. The molecule has 0 aliphatic rings. The molecule has 3 nitrogen and oxygen atoms in total. The van der Waals surface area contributed by atoms with E-state index in [0.29, 0.717) is 15.6 Å². The molecule has 20 heavy (non-hydrogen) atoms. The summed E-state index contributed by atoms with van der Waals surface area (Å²) in [7, 11) is 0. The predicted molar refractivity (Wildman–Crippen MR) is 81.3 cm³/mol. The third-order valence-electron chi connectivity index (χ3n) is 2.95. The van der Waals surface area contributed by atoms with Gasteiger partial charge in [-0.25, -0.2) is 0 Å². The van der Waals surface area contributed by atoms with E-state index in [2.05, 4.69) is 10.3 Å². The Morgan fingerprint density at radius 1 is 1.25 bits per heavy atom.